The molecule has 1 unspecified atom stereocenters. The van der Waals surface area contributed by atoms with Crippen molar-refractivity contribution in [1.82, 2.24) is 14.5 Å². The number of imidazole rings is 1. The van der Waals surface area contributed by atoms with Crippen molar-refractivity contribution >= 4 is 11.7 Å². The summed E-state index contributed by atoms with van der Waals surface area (Å²) in [5.74, 6) is 3.22. The molecule has 1 saturated heterocycles. The van der Waals surface area contributed by atoms with E-state index in [1.807, 2.05) is 29.3 Å². The largest absolute Gasteiger partial charge is 0.486 e. The monoisotopic (exact) mass is 368 g/mol. The normalized spacial score (nSPS) is 21.4. The number of aryl methyl sites for hydroxylation is 1. The molecule has 5 rings (SSSR count). The molecule has 1 aromatic carbocycles. The van der Waals surface area contributed by atoms with Crippen molar-refractivity contribution in [3.63, 3.8) is 0 Å². The summed E-state index contributed by atoms with van der Waals surface area (Å²) in [6.07, 6.45) is 5.39. The Bertz CT molecular complexity index is 874. The Balaban J connectivity index is 1.26. The van der Waals surface area contributed by atoms with E-state index in [0.717, 1.165) is 24.4 Å². The van der Waals surface area contributed by atoms with Gasteiger partial charge in [0, 0.05) is 42.7 Å². The number of nitrogens with zero attached hydrogens (tertiary/aromatic N) is 3. The van der Waals surface area contributed by atoms with E-state index in [4.69, 9.17) is 9.47 Å². The lowest BCUT2D eigenvalue weighted by molar-refractivity contribution is 0.171. The quantitative estimate of drug-likeness (QED) is 0.902. The van der Waals surface area contributed by atoms with Crippen LogP contribution in [0.15, 0.2) is 24.4 Å². The molecule has 2 aromatic rings. The first kappa shape index (κ1) is 16.5. The Morgan fingerprint density at radius 2 is 2.00 bits per heavy atom. The Morgan fingerprint density at radius 1 is 1.19 bits per heavy atom. The number of amides is 2. The predicted molar refractivity (Wildman–Crippen MR) is 101 cm³/mol. The number of hydrogen-bond acceptors (Lipinski definition) is 4. The smallest absolute Gasteiger partial charge is 0.321 e. The van der Waals surface area contributed by atoms with Crippen LogP contribution in [0.2, 0.25) is 0 Å². The van der Waals surface area contributed by atoms with Crippen molar-refractivity contribution in [2.45, 2.75) is 38.1 Å². The number of hydrogen-bond donors (Lipinski definition) is 1. The van der Waals surface area contributed by atoms with Gasteiger partial charge in [0.2, 0.25) is 0 Å². The highest BCUT2D eigenvalue weighted by molar-refractivity contribution is 5.90. The maximum atomic E-state index is 12.7. The van der Waals surface area contributed by atoms with Crippen molar-refractivity contribution in [3.05, 3.63) is 35.9 Å². The van der Waals surface area contributed by atoms with Gasteiger partial charge in [0.15, 0.2) is 11.5 Å². The van der Waals surface area contributed by atoms with Crippen LogP contribution in [0.1, 0.15) is 42.7 Å². The lowest BCUT2D eigenvalue weighted by atomic mass is 10.2. The molecule has 27 heavy (non-hydrogen) atoms. The Labute approximate surface area is 158 Å². The summed E-state index contributed by atoms with van der Waals surface area (Å²) in [6.45, 7) is 4.67. The zero-order valence-electron chi connectivity index (χ0n) is 15.5. The van der Waals surface area contributed by atoms with E-state index in [0.29, 0.717) is 37.5 Å². The third-order valence-electron chi connectivity index (χ3n) is 5.56. The summed E-state index contributed by atoms with van der Waals surface area (Å²) in [4.78, 5) is 19.2. The minimum Gasteiger partial charge on any atom is -0.486 e. The maximum Gasteiger partial charge on any atom is 0.321 e. The van der Waals surface area contributed by atoms with E-state index in [1.165, 1.54) is 24.4 Å². The lowest BCUT2D eigenvalue weighted by Gasteiger charge is -2.21. The number of likely N-dealkylation sites (tertiary alicyclic amines) is 1. The topological polar surface area (TPSA) is 68.6 Å². The van der Waals surface area contributed by atoms with Crippen LogP contribution in [0.5, 0.6) is 11.5 Å². The van der Waals surface area contributed by atoms with E-state index >= 15 is 0 Å². The molecular weight excluding hydrogens is 344 g/mol. The van der Waals surface area contributed by atoms with Crippen LogP contribution >= 0.6 is 0 Å². The van der Waals surface area contributed by atoms with Gasteiger partial charge in [-0.05, 0) is 38.3 Å². The van der Waals surface area contributed by atoms with Gasteiger partial charge in [-0.15, -0.1) is 0 Å². The molecule has 0 bridgehead atoms. The highest BCUT2D eigenvalue weighted by atomic mass is 16.6. The average Bonchev–Trinajstić information content (AvgIpc) is 3.28. The zero-order chi connectivity index (χ0) is 18.4. The number of anilines is 1. The van der Waals surface area contributed by atoms with E-state index in [1.54, 1.807) is 0 Å². The summed E-state index contributed by atoms with van der Waals surface area (Å²) < 4.78 is 13.5. The van der Waals surface area contributed by atoms with Crippen molar-refractivity contribution in [1.29, 1.82) is 0 Å². The van der Waals surface area contributed by atoms with Crippen molar-refractivity contribution in [3.8, 4) is 11.5 Å². The molecule has 1 aliphatic carbocycles. The Hall–Kier alpha value is -2.70. The van der Waals surface area contributed by atoms with Crippen LogP contribution in [0, 0.1) is 6.92 Å². The van der Waals surface area contributed by atoms with Gasteiger partial charge in [-0.25, -0.2) is 9.78 Å². The van der Waals surface area contributed by atoms with Gasteiger partial charge in [-0.3, -0.25) is 0 Å². The number of carbonyl (C=O) groups is 1. The summed E-state index contributed by atoms with van der Waals surface area (Å²) in [7, 11) is 0. The van der Waals surface area contributed by atoms with Gasteiger partial charge >= 0.3 is 6.03 Å². The number of aromatic nitrogens is 2. The van der Waals surface area contributed by atoms with Crippen molar-refractivity contribution < 1.29 is 14.3 Å². The molecule has 2 aliphatic heterocycles. The second-order valence-electron chi connectivity index (χ2n) is 7.58. The number of benzene rings is 1. The molecule has 1 saturated carbocycles. The fourth-order valence-corrected chi connectivity index (χ4v) is 4.04. The highest BCUT2D eigenvalue weighted by Gasteiger charge is 2.34. The van der Waals surface area contributed by atoms with Crippen LogP contribution in [0.3, 0.4) is 0 Å². The minimum atomic E-state index is -0.0695. The number of rotatable bonds is 3. The van der Waals surface area contributed by atoms with Crippen molar-refractivity contribution in [2.75, 3.05) is 31.6 Å². The third-order valence-corrected chi connectivity index (χ3v) is 5.56. The van der Waals surface area contributed by atoms with Crippen LogP contribution in [-0.2, 0) is 0 Å². The van der Waals surface area contributed by atoms with Gasteiger partial charge < -0.3 is 24.3 Å². The van der Waals surface area contributed by atoms with Gasteiger partial charge in [0.05, 0.1) is 6.04 Å². The summed E-state index contributed by atoms with van der Waals surface area (Å²) in [5, 5.41) is 2.99. The second-order valence-corrected chi connectivity index (χ2v) is 7.58. The summed E-state index contributed by atoms with van der Waals surface area (Å²) in [6, 6.07) is 5.76. The van der Waals surface area contributed by atoms with Crippen LogP contribution < -0.4 is 14.8 Å². The second kappa shape index (κ2) is 6.48. The van der Waals surface area contributed by atoms with E-state index in [2.05, 4.69) is 21.8 Å². The number of urea groups is 1. The molecule has 2 amide bonds. The fourth-order valence-electron chi connectivity index (χ4n) is 4.04. The first-order chi connectivity index (χ1) is 13.2. The zero-order valence-corrected chi connectivity index (χ0v) is 15.5. The molecular formula is C20H24N4O3. The summed E-state index contributed by atoms with van der Waals surface area (Å²) >= 11 is 0. The summed E-state index contributed by atoms with van der Waals surface area (Å²) in [5.41, 5.74) is 1.92. The molecule has 2 fully saturated rings. The van der Waals surface area contributed by atoms with Gasteiger partial charge in [0.1, 0.15) is 19.0 Å². The number of fused-ring (bicyclic) bond motifs is 1. The molecule has 0 radical (unpaired) electrons. The predicted octanol–water partition coefficient (Wildman–Crippen LogP) is 3.32. The first-order valence-corrected chi connectivity index (χ1v) is 9.68. The highest BCUT2D eigenvalue weighted by Crippen LogP contribution is 2.41. The Kier molecular flexibility index (Phi) is 3.95. The van der Waals surface area contributed by atoms with Gasteiger partial charge in [-0.1, -0.05) is 0 Å². The molecule has 1 atom stereocenters. The third kappa shape index (κ3) is 3.11. The van der Waals surface area contributed by atoms with Crippen molar-refractivity contribution in [2.24, 2.45) is 0 Å². The molecule has 0 spiro atoms. The first-order valence-electron chi connectivity index (χ1n) is 9.68. The minimum absolute atomic E-state index is 0.0695. The number of carbonyl (C=O) groups excluding carboxylic acids is 1. The molecule has 7 heteroatoms. The van der Waals surface area contributed by atoms with Gasteiger partial charge in [0.25, 0.3) is 0 Å². The standard InChI is InChI=1S/C20H24N4O3/c1-13-11-21-19(14-2-3-14)24(13)16-6-7-23(12-16)20(25)22-15-4-5-17-18(10-15)27-9-8-26-17/h4-5,10-11,14,16H,2-3,6-9,12H2,1H3,(H,22,25). The number of nitrogens with one attached hydrogen (secondary N) is 1. The molecule has 3 heterocycles. The maximum absolute atomic E-state index is 12.7. The molecule has 142 valence electrons. The van der Waals surface area contributed by atoms with E-state index in [9.17, 15) is 4.79 Å². The van der Waals surface area contributed by atoms with Crippen LogP contribution in [0.25, 0.3) is 0 Å². The molecule has 1 N–H and O–H groups in total. The molecule has 3 aliphatic rings. The van der Waals surface area contributed by atoms with Crippen LogP contribution in [0.4, 0.5) is 10.5 Å². The average molecular weight is 368 g/mol. The van der Waals surface area contributed by atoms with Gasteiger partial charge in [-0.2, -0.15) is 0 Å². The molecule has 1 aromatic heterocycles. The number of ether oxygens (including phenoxy) is 2. The Morgan fingerprint density at radius 3 is 2.81 bits per heavy atom. The fraction of sp³-hybridized carbons (Fsp3) is 0.500. The van der Waals surface area contributed by atoms with E-state index in [-0.39, 0.29) is 6.03 Å². The van der Waals surface area contributed by atoms with E-state index < -0.39 is 0 Å². The SMILES string of the molecule is Cc1cnc(C2CC2)n1C1CCN(C(=O)Nc2ccc3c(c2)OCCO3)C1. The lowest BCUT2D eigenvalue weighted by Crippen LogP contribution is -2.33. The molecule has 7 nitrogen and oxygen atoms in total. The van der Waals surface area contributed by atoms with Crippen LogP contribution in [-0.4, -0.2) is 46.8 Å².